The van der Waals surface area contributed by atoms with Crippen LogP contribution in [0.2, 0.25) is 0 Å². The molecule has 0 fully saturated rings. The number of oxime groups is 2. The molecule has 1 aromatic carbocycles. The van der Waals surface area contributed by atoms with Gasteiger partial charge in [0.1, 0.15) is 32.8 Å². The summed E-state index contributed by atoms with van der Waals surface area (Å²) in [7, 11) is 1.38. The molecule has 3 rings (SSSR count). The Hall–Kier alpha value is -3.50. The fraction of sp³-hybridized carbons (Fsp3) is 0.333. The van der Waals surface area contributed by atoms with Crippen molar-refractivity contribution in [1.82, 2.24) is 9.97 Å². The van der Waals surface area contributed by atoms with Gasteiger partial charge in [-0.25, -0.2) is 13.8 Å². The van der Waals surface area contributed by atoms with Crippen molar-refractivity contribution in [3.05, 3.63) is 42.1 Å². The Morgan fingerprint density at radius 1 is 1.21 bits per heavy atom. The van der Waals surface area contributed by atoms with E-state index in [1.165, 1.54) is 19.4 Å². The van der Waals surface area contributed by atoms with E-state index < -0.39 is 19.5 Å². The van der Waals surface area contributed by atoms with Crippen LogP contribution < -0.4 is 9.47 Å². The molecule has 1 aromatic heterocycles. The average Bonchev–Trinajstić information content (AvgIpc) is 2.77. The molecule has 1 aliphatic rings. The van der Waals surface area contributed by atoms with Crippen LogP contribution in [0.3, 0.4) is 0 Å². The lowest BCUT2D eigenvalue weighted by Crippen LogP contribution is -2.25. The Morgan fingerprint density at radius 3 is 2.76 bits per heavy atom. The van der Waals surface area contributed by atoms with Gasteiger partial charge in [0.05, 0.1) is 5.56 Å². The lowest BCUT2D eigenvalue weighted by Gasteiger charge is -2.16. The van der Waals surface area contributed by atoms with Crippen LogP contribution in [0.25, 0.3) is 0 Å². The van der Waals surface area contributed by atoms with Gasteiger partial charge < -0.3 is 23.9 Å². The summed E-state index contributed by atoms with van der Waals surface area (Å²) in [6.45, 7) is -1.35. The Balaban J connectivity index is 1.87. The first-order valence-corrected chi connectivity index (χ1v) is 8.58. The molecule has 0 N–H and O–H groups in total. The highest BCUT2D eigenvalue weighted by atomic mass is 19.1. The molecule has 0 saturated heterocycles. The molecular formula is C18H18F2N4O5. The summed E-state index contributed by atoms with van der Waals surface area (Å²) in [6.07, 6.45) is 0.104. The summed E-state index contributed by atoms with van der Waals surface area (Å²) in [5.74, 6) is 0.415. The Labute approximate surface area is 164 Å². The lowest BCUT2D eigenvalue weighted by atomic mass is 10.1. The van der Waals surface area contributed by atoms with Crippen LogP contribution in [0, 0.1) is 0 Å². The molecule has 2 heterocycles. The summed E-state index contributed by atoms with van der Waals surface area (Å²) in [6, 6.07) is 8.11. The van der Waals surface area contributed by atoms with E-state index in [0.29, 0.717) is 24.5 Å². The van der Waals surface area contributed by atoms with Crippen LogP contribution in [0.15, 0.2) is 46.8 Å². The van der Waals surface area contributed by atoms with Crippen LogP contribution in [0.4, 0.5) is 8.78 Å². The first kappa shape index (κ1) is 20.2. The normalized spacial score (nSPS) is 13.9. The monoisotopic (exact) mass is 408 g/mol. The van der Waals surface area contributed by atoms with Crippen molar-refractivity contribution in [2.75, 3.05) is 33.7 Å². The van der Waals surface area contributed by atoms with E-state index in [4.69, 9.17) is 23.9 Å². The van der Waals surface area contributed by atoms with Gasteiger partial charge in [-0.3, -0.25) is 0 Å². The van der Waals surface area contributed by atoms with E-state index in [-0.39, 0.29) is 23.5 Å². The number of ether oxygens (including phenoxy) is 3. The van der Waals surface area contributed by atoms with Crippen LogP contribution in [-0.2, 0) is 14.4 Å². The topological polar surface area (TPSA) is 96.7 Å². The van der Waals surface area contributed by atoms with Crippen LogP contribution in [0.5, 0.6) is 17.6 Å². The highest BCUT2D eigenvalue weighted by Crippen LogP contribution is 2.26. The van der Waals surface area contributed by atoms with Gasteiger partial charge in [-0.1, -0.05) is 17.3 Å². The molecule has 0 radical (unpaired) electrons. The van der Waals surface area contributed by atoms with Gasteiger partial charge in [-0.15, -0.1) is 0 Å². The smallest absolute Gasteiger partial charge is 0.325 e. The van der Waals surface area contributed by atoms with Crippen molar-refractivity contribution >= 4 is 11.6 Å². The third kappa shape index (κ3) is 5.27. The first-order valence-electron chi connectivity index (χ1n) is 8.58. The number of benzene rings is 1. The number of hydrogen-bond acceptors (Lipinski definition) is 9. The second-order valence-corrected chi connectivity index (χ2v) is 5.52. The maximum Gasteiger partial charge on any atom is 0.325 e. The van der Waals surface area contributed by atoms with E-state index in [0.717, 1.165) is 0 Å². The van der Waals surface area contributed by atoms with E-state index in [1.54, 1.807) is 24.3 Å². The zero-order valence-electron chi connectivity index (χ0n) is 15.5. The zero-order chi connectivity index (χ0) is 20.5. The summed E-state index contributed by atoms with van der Waals surface area (Å²) in [4.78, 5) is 18.0. The number of hydrogen-bond donors (Lipinski definition) is 0. The van der Waals surface area contributed by atoms with Crippen LogP contribution in [0.1, 0.15) is 5.56 Å². The molecule has 0 atom stereocenters. The number of nitrogens with zero attached hydrogens (tertiary/aromatic N) is 4. The minimum absolute atomic E-state index is 0.0213. The first-order chi connectivity index (χ1) is 14.2. The van der Waals surface area contributed by atoms with Crippen LogP contribution >= 0.6 is 0 Å². The molecule has 0 unspecified atom stereocenters. The van der Waals surface area contributed by atoms with E-state index in [9.17, 15) is 8.78 Å². The summed E-state index contributed by atoms with van der Waals surface area (Å²) in [5.41, 5.74) is 0.712. The Kier molecular flexibility index (Phi) is 7.09. The summed E-state index contributed by atoms with van der Waals surface area (Å²) in [5, 5.41) is 7.80. The lowest BCUT2D eigenvalue weighted by molar-refractivity contribution is 0.0672. The third-order valence-corrected chi connectivity index (χ3v) is 3.53. The van der Waals surface area contributed by atoms with Gasteiger partial charge >= 0.3 is 6.01 Å². The zero-order valence-corrected chi connectivity index (χ0v) is 15.5. The molecule has 29 heavy (non-hydrogen) atoms. The molecule has 9 nitrogen and oxygen atoms in total. The molecule has 1 aliphatic heterocycles. The van der Waals surface area contributed by atoms with E-state index in [2.05, 4.69) is 20.3 Å². The molecule has 11 heteroatoms. The summed E-state index contributed by atoms with van der Waals surface area (Å²) >= 11 is 0. The fourth-order valence-corrected chi connectivity index (χ4v) is 2.28. The summed E-state index contributed by atoms with van der Waals surface area (Å²) < 4.78 is 41.7. The minimum atomic E-state index is -1.24. The molecule has 154 valence electrons. The molecule has 2 aromatic rings. The molecular weight excluding hydrogens is 390 g/mol. The van der Waals surface area contributed by atoms with Gasteiger partial charge in [-0.2, -0.15) is 4.98 Å². The van der Waals surface area contributed by atoms with Crippen molar-refractivity contribution in [3.8, 4) is 17.6 Å². The van der Waals surface area contributed by atoms with Gasteiger partial charge in [0, 0.05) is 12.3 Å². The largest absolute Gasteiger partial charge is 0.470 e. The van der Waals surface area contributed by atoms with E-state index in [1.807, 2.05) is 0 Å². The predicted octanol–water partition coefficient (Wildman–Crippen LogP) is 2.67. The molecule has 0 bridgehead atoms. The van der Waals surface area contributed by atoms with Crippen molar-refractivity contribution in [2.24, 2.45) is 10.3 Å². The Bertz CT molecular complexity index is 877. The fourth-order valence-electron chi connectivity index (χ4n) is 2.28. The highest BCUT2D eigenvalue weighted by Gasteiger charge is 2.23. The van der Waals surface area contributed by atoms with Gasteiger partial charge in [-0.05, 0) is 17.3 Å². The van der Waals surface area contributed by atoms with Crippen molar-refractivity contribution in [1.29, 1.82) is 0 Å². The van der Waals surface area contributed by atoms with E-state index >= 15 is 0 Å². The van der Waals surface area contributed by atoms with Gasteiger partial charge in [0.2, 0.25) is 5.88 Å². The van der Waals surface area contributed by atoms with Crippen molar-refractivity contribution in [3.63, 3.8) is 0 Å². The predicted molar refractivity (Wildman–Crippen MR) is 97.8 cm³/mol. The van der Waals surface area contributed by atoms with Gasteiger partial charge in [0.25, 0.3) is 5.90 Å². The maximum absolute atomic E-state index is 12.7. The molecule has 0 spiro atoms. The number of alkyl halides is 2. The number of rotatable bonds is 9. The molecule has 0 saturated carbocycles. The maximum atomic E-state index is 12.7. The standard InChI is InChI=1S/C18H18F2N4O5/c1-25-23-16(17-24-27-9-8-26-17)13-4-2-3-5-14(13)29-18-21-7-6-15(22-18)28-12(10-19)11-20/h2-7,12H,8-11H2,1H3. The molecule has 0 amide bonds. The van der Waals surface area contributed by atoms with Crippen molar-refractivity contribution in [2.45, 2.75) is 6.10 Å². The quantitative estimate of drug-likeness (QED) is 0.465. The number of para-hydroxylation sites is 1. The average molecular weight is 408 g/mol. The minimum Gasteiger partial charge on any atom is -0.470 e. The SMILES string of the molecule is CON=C(C1=NOCCO1)c1ccccc1Oc1nccc(OC(CF)CF)n1. The highest BCUT2D eigenvalue weighted by molar-refractivity contribution is 6.45. The molecule has 0 aliphatic carbocycles. The van der Waals surface area contributed by atoms with Crippen LogP contribution in [-0.4, -0.2) is 61.4 Å². The van der Waals surface area contributed by atoms with Gasteiger partial charge in [0.15, 0.2) is 18.4 Å². The second kappa shape index (κ2) is 10.2. The van der Waals surface area contributed by atoms with Crippen molar-refractivity contribution < 1.29 is 32.7 Å². The third-order valence-electron chi connectivity index (χ3n) is 3.53. The number of halogens is 2. The Morgan fingerprint density at radius 2 is 2.03 bits per heavy atom. The second-order valence-electron chi connectivity index (χ2n) is 5.52. The number of aromatic nitrogens is 2.